The number of hydrogen-bond donors (Lipinski definition) is 0. The summed E-state index contributed by atoms with van der Waals surface area (Å²) in [7, 11) is 0. The Labute approximate surface area is 145 Å². The lowest BCUT2D eigenvalue weighted by atomic mass is 9.90. The molecule has 2 atom stereocenters. The lowest BCUT2D eigenvalue weighted by Gasteiger charge is -2.31. The van der Waals surface area contributed by atoms with Crippen LogP contribution in [0, 0.1) is 0 Å². The van der Waals surface area contributed by atoms with Gasteiger partial charge >= 0.3 is 0 Å². The highest BCUT2D eigenvalue weighted by Crippen LogP contribution is 2.50. The number of Topliss-reactive ketones (excluding diaryl/α,β-unsaturated/α-hetero) is 1. The normalized spacial score (nSPS) is 23.9. The molecule has 0 spiro atoms. The molecule has 0 aromatic heterocycles. The second-order valence-electron chi connectivity index (χ2n) is 6.45. The zero-order chi connectivity index (χ0) is 17.0. The van der Waals surface area contributed by atoms with Crippen LogP contribution < -0.4 is 5.11 Å². The van der Waals surface area contributed by atoms with E-state index >= 15 is 0 Å². The number of rotatable bonds is 2. The van der Waals surface area contributed by atoms with Crippen LogP contribution in [0.2, 0.25) is 0 Å². The van der Waals surface area contributed by atoms with Crippen molar-refractivity contribution in [2.45, 2.75) is 11.6 Å². The molecule has 0 radical (unpaired) electrons. The van der Waals surface area contributed by atoms with E-state index in [0.717, 1.165) is 22.5 Å². The van der Waals surface area contributed by atoms with Gasteiger partial charge in [-0.05, 0) is 17.7 Å². The molecule has 5 rings (SSSR count). The van der Waals surface area contributed by atoms with E-state index in [-0.39, 0.29) is 5.78 Å². The monoisotopic (exact) mass is 325 g/mol. The van der Waals surface area contributed by atoms with Gasteiger partial charge in [-0.25, -0.2) is 0 Å². The number of fused-ring (bicyclic) bond motifs is 5. The van der Waals surface area contributed by atoms with Crippen LogP contribution in [0.3, 0.4) is 0 Å². The molecule has 0 amide bonds. The Morgan fingerprint density at radius 3 is 2.12 bits per heavy atom. The number of carbonyl (C=O) groups excluding carboxylic acids is 1. The maximum Gasteiger partial charge on any atom is 0.210 e. The molecular formula is C22H15NO2. The van der Waals surface area contributed by atoms with Gasteiger partial charge in [0.05, 0.1) is 0 Å². The van der Waals surface area contributed by atoms with E-state index in [2.05, 4.69) is 0 Å². The van der Waals surface area contributed by atoms with Crippen LogP contribution in [-0.4, -0.2) is 16.1 Å². The van der Waals surface area contributed by atoms with Crippen molar-refractivity contribution in [1.29, 1.82) is 0 Å². The summed E-state index contributed by atoms with van der Waals surface area (Å²) < 4.78 is 1.69. The Morgan fingerprint density at radius 2 is 1.40 bits per heavy atom. The molecule has 0 unspecified atom stereocenters. The van der Waals surface area contributed by atoms with Crippen LogP contribution >= 0.6 is 0 Å². The average Bonchev–Trinajstić information content (AvgIpc) is 3.04. The topological polar surface area (TPSA) is 43.1 Å². The Hall–Kier alpha value is -3.04. The van der Waals surface area contributed by atoms with Gasteiger partial charge in [0.25, 0.3) is 0 Å². The zero-order valence-corrected chi connectivity index (χ0v) is 13.4. The largest absolute Gasteiger partial charge is 0.785 e. The van der Waals surface area contributed by atoms with Crippen molar-refractivity contribution < 1.29 is 14.5 Å². The standard InChI is InChI=1S/C22H15NO2/c24-21-19-17-13-7-8-14-18(17)22(21,25)23(16-11-5-2-6-12-16)20(19)15-9-3-1-4-10-15/h1-14,19H/t19-,22+/m1/s1. The number of nitrogens with zero attached hydrogens (tertiary/aromatic N) is 1. The predicted molar refractivity (Wildman–Crippen MR) is 92.8 cm³/mol. The van der Waals surface area contributed by atoms with Gasteiger partial charge in [-0.2, -0.15) is 4.58 Å². The maximum atomic E-state index is 13.9. The van der Waals surface area contributed by atoms with E-state index in [1.165, 1.54) is 0 Å². The first-order valence-corrected chi connectivity index (χ1v) is 8.34. The van der Waals surface area contributed by atoms with Crippen molar-refractivity contribution in [2.24, 2.45) is 0 Å². The molecule has 3 heteroatoms. The second-order valence-corrected chi connectivity index (χ2v) is 6.45. The first-order valence-electron chi connectivity index (χ1n) is 8.34. The Balaban J connectivity index is 1.88. The molecule has 0 fully saturated rings. The molecule has 0 saturated carbocycles. The van der Waals surface area contributed by atoms with Crippen molar-refractivity contribution in [3.63, 3.8) is 0 Å². The third-order valence-electron chi connectivity index (χ3n) is 5.15. The molecule has 1 heterocycles. The van der Waals surface area contributed by atoms with Crippen molar-refractivity contribution in [3.8, 4) is 0 Å². The fraction of sp³-hybridized carbons (Fsp3) is 0.0909. The minimum absolute atomic E-state index is 0.281. The van der Waals surface area contributed by atoms with Gasteiger partial charge in [0.2, 0.25) is 17.2 Å². The molecule has 2 bridgehead atoms. The molecule has 3 nitrogen and oxygen atoms in total. The third-order valence-corrected chi connectivity index (χ3v) is 5.15. The van der Waals surface area contributed by atoms with Gasteiger partial charge in [0.15, 0.2) is 5.72 Å². The summed E-state index contributed by atoms with van der Waals surface area (Å²) in [4.78, 5) is 13.1. The Morgan fingerprint density at radius 1 is 0.800 bits per heavy atom. The van der Waals surface area contributed by atoms with E-state index < -0.39 is 11.6 Å². The van der Waals surface area contributed by atoms with Crippen molar-refractivity contribution in [3.05, 3.63) is 102 Å². The van der Waals surface area contributed by atoms with Gasteiger partial charge in [-0.1, -0.05) is 60.7 Å². The number of para-hydroxylation sites is 1. The maximum absolute atomic E-state index is 13.9. The molecule has 120 valence electrons. The molecular weight excluding hydrogens is 310 g/mol. The first kappa shape index (κ1) is 14.3. The first-order chi connectivity index (χ1) is 12.2. The number of ketones is 1. The van der Waals surface area contributed by atoms with Crippen LogP contribution in [0.4, 0.5) is 5.69 Å². The van der Waals surface area contributed by atoms with Crippen LogP contribution in [0.5, 0.6) is 0 Å². The Kier molecular flexibility index (Phi) is 2.85. The van der Waals surface area contributed by atoms with Gasteiger partial charge in [0, 0.05) is 23.3 Å². The summed E-state index contributed by atoms with van der Waals surface area (Å²) in [6.45, 7) is 0. The van der Waals surface area contributed by atoms with Crippen molar-refractivity contribution in [1.82, 2.24) is 0 Å². The molecule has 25 heavy (non-hydrogen) atoms. The molecule has 3 aromatic carbocycles. The molecule has 0 N–H and O–H groups in total. The van der Waals surface area contributed by atoms with Gasteiger partial charge < -0.3 is 5.11 Å². The van der Waals surface area contributed by atoms with E-state index in [4.69, 9.17) is 0 Å². The fourth-order valence-electron chi connectivity index (χ4n) is 4.13. The Bertz CT molecular complexity index is 1020. The number of hydrogen-bond acceptors (Lipinski definition) is 2. The van der Waals surface area contributed by atoms with E-state index in [9.17, 15) is 9.90 Å². The second kappa shape index (κ2) is 4.98. The SMILES string of the molecule is O=C1[C@H]2C(c3ccccc3)=[N+](c3ccccc3)[C@]1([O-])c1ccccc12. The minimum atomic E-state index is -1.90. The van der Waals surface area contributed by atoms with Gasteiger partial charge in [-0.15, -0.1) is 0 Å². The van der Waals surface area contributed by atoms with Crippen LogP contribution in [0.1, 0.15) is 22.6 Å². The van der Waals surface area contributed by atoms with Crippen LogP contribution in [0.25, 0.3) is 0 Å². The summed E-state index contributed by atoms with van der Waals surface area (Å²) in [5, 5.41) is 13.9. The van der Waals surface area contributed by atoms with Gasteiger partial charge in [-0.3, -0.25) is 4.79 Å². The molecule has 1 aliphatic heterocycles. The van der Waals surface area contributed by atoms with Crippen LogP contribution in [-0.2, 0) is 10.5 Å². The van der Waals surface area contributed by atoms with E-state index in [1.54, 1.807) is 10.6 Å². The summed E-state index contributed by atoms with van der Waals surface area (Å²) in [6, 6.07) is 26.6. The quantitative estimate of drug-likeness (QED) is 0.680. The molecule has 3 aromatic rings. The van der Waals surface area contributed by atoms with E-state index in [1.807, 2.05) is 78.9 Å². The molecule has 0 saturated heterocycles. The smallest absolute Gasteiger partial charge is 0.210 e. The number of benzene rings is 3. The van der Waals surface area contributed by atoms with Crippen molar-refractivity contribution in [2.75, 3.05) is 0 Å². The van der Waals surface area contributed by atoms with Crippen molar-refractivity contribution >= 4 is 17.2 Å². The summed E-state index contributed by atoms with van der Waals surface area (Å²) in [6.07, 6.45) is 0. The van der Waals surface area contributed by atoms with E-state index in [0.29, 0.717) is 5.56 Å². The summed E-state index contributed by atoms with van der Waals surface area (Å²) in [5.41, 5.74) is 1.97. The molecule has 1 aliphatic carbocycles. The average molecular weight is 325 g/mol. The number of carbonyl (C=O) groups is 1. The summed E-state index contributed by atoms with van der Waals surface area (Å²) >= 11 is 0. The summed E-state index contributed by atoms with van der Waals surface area (Å²) in [5.74, 6) is -0.785. The highest BCUT2D eigenvalue weighted by atomic mass is 16.3. The van der Waals surface area contributed by atoms with Crippen LogP contribution in [0.15, 0.2) is 84.9 Å². The molecule has 2 aliphatic rings. The fourth-order valence-corrected chi connectivity index (χ4v) is 4.13. The highest BCUT2D eigenvalue weighted by Gasteiger charge is 2.62. The lowest BCUT2D eigenvalue weighted by Crippen LogP contribution is -2.51. The highest BCUT2D eigenvalue weighted by molar-refractivity contribution is 6.23. The zero-order valence-electron chi connectivity index (χ0n) is 13.4. The minimum Gasteiger partial charge on any atom is -0.785 e. The van der Waals surface area contributed by atoms with Gasteiger partial charge in [0.1, 0.15) is 5.92 Å². The third kappa shape index (κ3) is 1.73. The lowest BCUT2D eigenvalue weighted by molar-refractivity contribution is -0.729. The predicted octanol–water partition coefficient (Wildman–Crippen LogP) is 2.71.